The molecule has 8 nitrogen and oxygen atoms in total. The number of aromatic amines is 1. The molecule has 3 rings (SSSR count). The van der Waals surface area contributed by atoms with Crippen molar-refractivity contribution in [3.63, 3.8) is 0 Å². The highest BCUT2D eigenvalue weighted by Gasteiger charge is 2.28. The average molecular weight is 300 g/mol. The van der Waals surface area contributed by atoms with E-state index in [0.29, 0.717) is 37.2 Å². The second-order valence-electron chi connectivity index (χ2n) is 5.11. The lowest BCUT2D eigenvalue weighted by Crippen LogP contribution is -2.51. The van der Waals surface area contributed by atoms with E-state index in [9.17, 15) is 9.59 Å². The van der Waals surface area contributed by atoms with Crippen molar-refractivity contribution in [1.82, 2.24) is 31.3 Å². The summed E-state index contributed by atoms with van der Waals surface area (Å²) < 4.78 is 0. The van der Waals surface area contributed by atoms with Gasteiger partial charge in [-0.25, -0.2) is 0 Å². The number of carbonyl (C=O) groups is 2. The first-order valence-corrected chi connectivity index (χ1v) is 7.13. The van der Waals surface area contributed by atoms with E-state index in [-0.39, 0.29) is 11.8 Å². The van der Waals surface area contributed by atoms with Crippen LogP contribution in [0.5, 0.6) is 0 Å². The SMILES string of the molecule is O=C1N[C@H](C(=O)NCCCc2nn[nH]n2)Cc2ccccc21. The molecule has 0 fully saturated rings. The standard InChI is InChI=1S/C14H16N6O2/c21-13-10-5-2-1-4-9(10)8-11(16-13)14(22)15-7-3-6-12-17-19-20-18-12/h1-2,4-5,11H,3,6-8H2,(H,15,22)(H,16,21)(H,17,18,19,20)/t11-/m0/s1. The number of aryl methyl sites for hydroxylation is 1. The molecular weight excluding hydrogens is 284 g/mol. The van der Waals surface area contributed by atoms with E-state index in [4.69, 9.17) is 0 Å². The molecule has 1 aromatic carbocycles. The van der Waals surface area contributed by atoms with Crippen LogP contribution < -0.4 is 10.6 Å². The van der Waals surface area contributed by atoms with Crippen molar-refractivity contribution in [2.75, 3.05) is 6.54 Å². The number of aromatic nitrogens is 4. The molecule has 0 aliphatic carbocycles. The summed E-state index contributed by atoms with van der Waals surface area (Å²) in [5.74, 6) is 0.249. The molecule has 2 aromatic rings. The monoisotopic (exact) mass is 300 g/mol. The molecule has 2 heterocycles. The molecular formula is C14H16N6O2. The summed E-state index contributed by atoms with van der Waals surface area (Å²) in [6, 6.07) is 6.81. The highest BCUT2D eigenvalue weighted by molar-refractivity contribution is 6.00. The number of nitrogens with one attached hydrogen (secondary N) is 3. The second kappa shape index (κ2) is 6.33. The normalized spacial score (nSPS) is 16.7. The second-order valence-corrected chi connectivity index (χ2v) is 5.11. The topological polar surface area (TPSA) is 113 Å². The Kier molecular flexibility index (Phi) is 4.08. The molecule has 0 radical (unpaired) electrons. The van der Waals surface area contributed by atoms with Gasteiger partial charge >= 0.3 is 0 Å². The number of carbonyl (C=O) groups excluding carboxylic acids is 2. The Bertz CT molecular complexity index is 670. The van der Waals surface area contributed by atoms with Gasteiger partial charge in [0.1, 0.15) is 6.04 Å². The number of hydrogen-bond acceptors (Lipinski definition) is 5. The molecule has 2 amide bonds. The van der Waals surface area contributed by atoms with Crippen molar-refractivity contribution in [3.05, 3.63) is 41.2 Å². The first-order valence-electron chi connectivity index (χ1n) is 7.13. The number of benzene rings is 1. The van der Waals surface area contributed by atoms with Gasteiger partial charge in [0.2, 0.25) is 5.91 Å². The lowest BCUT2D eigenvalue weighted by atomic mass is 9.95. The molecule has 22 heavy (non-hydrogen) atoms. The zero-order valence-electron chi connectivity index (χ0n) is 11.9. The van der Waals surface area contributed by atoms with Gasteiger partial charge in [-0.15, -0.1) is 10.2 Å². The number of rotatable bonds is 5. The third-order valence-electron chi connectivity index (χ3n) is 3.57. The summed E-state index contributed by atoms with van der Waals surface area (Å²) in [4.78, 5) is 24.1. The molecule has 8 heteroatoms. The largest absolute Gasteiger partial charge is 0.354 e. The number of amides is 2. The summed E-state index contributed by atoms with van der Waals surface area (Å²) >= 11 is 0. The Labute approximate surface area is 126 Å². The van der Waals surface area contributed by atoms with E-state index in [1.54, 1.807) is 6.07 Å². The third kappa shape index (κ3) is 3.11. The van der Waals surface area contributed by atoms with E-state index in [1.807, 2.05) is 18.2 Å². The molecule has 114 valence electrons. The molecule has 0 saturated carbocycles. The van der Waals surface area contributed by atoms with Gasteiger partial charge in [0.15, 0.2) is 5.82 Å². The van der Waals surface area contributed by atoms with Crippen LogP contribution in [0.25, 0.3) is 0 Å². The fourth-order valence-corrected chi connectivity index (χ4v) is 2.45. The zero-order valence-corrected chi connectivity index (χ0v) is 11.9. The van der Waals surface area contributed by atoms with Crippen molar-refractivity contribution in [3.8, 4) is 0 Å². The van der Waals surface area contributed by atoms with Crippen LogP contribution in [-0.4, -0.2) is 45.0 Å². The van der Waals surface area contributed by atoms with Crippen LogP contribution in [0.15, 0.2) is 24.3 Å². The van der Waals surface area contributed by atoms with Crippen LogP contribution in [0.1, 0.15) is 28.2 Å². The minimum atomic E-state index is -0.521. The summed E-state index contributed by atoms with van der Waals surface area (Å²) in [6.07, 6.45) is 1.86. The Morgan fingerprint density at radius 2 is 2.23 bits per heavy atom. The van der Waals surface area contributed by atoms with Crippen molar-refractivity contribution in [2.24, 2.45) is 0 Å². The van der Waals surface area contributed by atoms with Gasteiger partial charge in [0.05, 0.1) is 0 Å². The number of nitrogens with zero attached hydrogens (tertiary/aromatic N) is 3. The lowest BCUT2D eigenvalue weighted by molar-refractivity contribution is -0.123. The summed E-state index contributed by atoms with van der Waals surface area (Å²) in [7, 11) is 0. The van der Waals surface area contributed by atoms with E-state index in [0.717, 1.165) is 5.56 Å². The first-order chi connectivity index (χ1) is 10.7. The van der Waals surface area contributed by atoms with Gasteiger partial charge in [-0.1, -0.05) is 23.4 Å². The van der Waals surface area contributed by atoms with E-state index in [1.165, 1.54) is 0 Å². The van der Waals surface area contributed by atoms with Crippen LogP contribution in [0.3, 0.4) is 0 Å². The Hall–Kier alpha value is -2.77. The number of hydrogen-bond donors (Lipinski definition) is 3. The minimum absolute atomic E-state index is 0.170. The van der Waals surface area contributed by atoms with Gasteiger partial charge in [-0.3, -0.25) is 9.59 Å². The third-order valence-corrected chi connectivity index (χ3v) is 3.57. The predicted molar refractivity (Wildman–Crippen MR) is 76.9 cm³/mol. The molecule has 1 aliphatic rings. The Balaban J connectivity index is 1.50. The van der Waals surface area contributed by atoms with Gasteiger partial charge in [0, 0.05) is 24.9 Å². The molecule has 3 N–H and O–H groups in total. The summed E-state index contributed by atoms with van der Waals surface area (Å²) in [5.41, 5.74) is 1.54. The number of H-pyrrole nitrogens is 1. The summed E-state index contributed by atoms with van der Waals surface area (Å²) in [6.45, 7) is 0.501. The van der Waals surface area contributed by atoms with Crippen LogP contribution in [0.2, 0.25) is 0 Å². The van der Waals surface area contributed by atoms with Gasteiger partial charge in [0.25, 0.3) is 5.91 Å². The van der Waals surface area contributed by atoms with Crippen LogP contribution in [-0.2, 0) is 17.6 Å². The van der Waals surface area contributed by atoms with E-state index in [2.05, 4.69) is 31.3 Å². The molecule has 1 aliphatic heterocycles. The van der Waals surface area contributed by atoms with Gasteiger partial charge in [-0.2, -0.15) is 5.21 Å². The zero-order chi connectivity index (χ0) is 15.4. The maximum Gasteiger partial charge on any atom is 0.252 e. The Morgan fingerprint density at radius 1 is 1.36 bits per heavy atom. The van der Waals surface area contributed by atoms with Gasteiger partial charge in [-0.05, 0) is 18.1 Å². The molecule has 0 spiro atoms. The first kappa shape index (κ1) is 14.2. The molecule has 1 atom stereocenters. The lowest BCUT2D eigenvalue weighted by Gasteiger charge is -2.24. The molecule has 0 saturated heterocycles. The maximum atomic E-state index is 12.1. The van der Waals surface area contributed by atoms with E-state index < -0.39 is 6.04 Å². The number of tetrazole rings is 1. The van der Waals surface area contributed by atoms with Crippen LogP contribution in [0.4, 0.5) is 0 Å². The van der Waals surface area contributed by atoms with Crippen LogP contribution in [0, 0.1) is 0 Å². The predicted octanol–water partition coefficient (Wildman–Crippen LogP) is -0.397. The average Bonchev–Trinajstić information content (AvgIpc) is 3.04. The van der Waals surface area contributed by atoms with Crippen LogP contribution >= 0.6 is 0 Å². The quantitative estimate of drug-likeness (QED) is 0.651. The van der Waals surface area contributed by atoms with Crippen molar-refractivity contribution in [1.29, 1.82) is 0 Å². The minimum Gasteiger partial charge on any atom is -0.354 e. The molecule has 0 bridgehead atoms. The Morgan fingerprint density at radius 3 is 3.05 bits per heavy atom. The fraction of sp³-hybridized carbons (Fsp3) is 0.357. The smallest absolute Gasteiger partial charge is 0.252 e. The van der Waals surface area contributed by atoms with Gasteiger partial charge < -0.3 is 10.6 Å². The fourth-order valence-electron chi connectivity index (χ4n) is 2.45. The molecule has 1 aromatic heterocycles. The van der Waals surface area contributed by atoms with E-state index >= 15 is 0 Å². The van der Waals surface area contributed by atoms with Crippen molar-refractivity contribution >= 4 is 11.8 Å². The van der Waals surface area contributed by atoms with Crippen molar-refractivity contribution in [2.45, 2.75) is 25.3 Å². The molecule has 0 unspecified atom stereocenters. The number of fused-ring (bicyclic) bond motifs is 1. The summed E-state index contributed by atoms with van der Waals surface area (Å²) in [5, 5.41) is 19.1. The highest BCUT2D eigenvalue weighted by Crippen LogP contribution is 2.16. The van der Waals surface area contributed by atoms with Crippen molar-refractivity contribution < 1.29 is 9.59 Å². The maximum absolute atomic E-state index is 12.1. The highest BCUT2D eigenvalue weighted by atomic mass is 16.2.